The van der Waals surface area contributed by atoms with E-state index in [4.69, 9.17) is 14.9 Å². The molecule has 0 saturated carbocycles. The van der Waals surface area contributed by atoms with Crippen molar-refractivity contribution in [2.45, 2.75) is 13.2 Å². The fourth-order valence-corrected chi connectivity index (χ4v) is 4.84. The lowest BCUT2D eigenvalue weighted by atomic mass is 9.89. The first-order valence-corrected chi connectivity index (χ1v) is 13.4. The van der Waals surface area contributed by atoms with Gasteiger partial charge >= 0.3 is 12.0 Å². The molecule has 11 nitrogen and oxygen atoms in total. The topological polar surface area (TPSA) is 178 Å². The maximum atomic E-state index is 13.3. The van der Waals surface area contributed by atoms with Gasteiger partial charge in [-0.25, -0.2) is 9.78 Å². The van der Waals surface area contributed by atoms with Gasteiger partial charge in [0.15, 0.2) is 5.43 Å². The van der Waals surface area contributed by atoms with Crippen LogP contribution in [0.2, 0.25) is 0 Å². The Hall–Kier alpha value is -6.23. The van der Waals surface area contributed by atoms with E-state index in [0.29, 0.717) is 22.3 Å². The Morgan fingerprint density at radius 2 is 1.70 bits per heavy atom. The largest absolute Gasteiger partial charge is 0.508 e. The highest BCUT2D eigenvalue weighted by molar-refractivity contribution is 6.09. The summed E-state index contributed by atoms with van der Waals surface area (Å²) in [4.78, 5) is 45.7. The van der Waals surface area contributed by atoms with Gasteiger partial charge < -0.3 is 30.4 Å². The summed E-state index contributed by atoms with van der Waals surface area (Å²) in [5.74, 6) is -1.15. The molecule has 0 radical (unpaired) electrons. The average molecular weight is 589 g/mol. The molecule has 5 N–H and O–H groups in total. The first-order chi connectivity index (χ1) is 21.2. The molecule has 1 aromatic heterocycles. The molecular weight excluding hydrogens is 564 g/mol. The lowest BCUT2D eigenvalue weighted by Crippen LogP contribution is -2.23. The molecule has 0 saturated heterocycles. The van der Waals surface area contributed by atoms with Gasteiger partial charge in [0.2, 0.25) is 0 Å². The number of carbonyl (C=O) groups is 2. The van der Waals surface area contributed by atoms with Crippen molar-refractivity contribution in [3.05, 3.63) is 124 Å². The monoisotopic (exact) mass is 588 g/mol. The lowest BCUT2D eigenvalue weighted by molar-refractivity contribution is 0.0697. The predicted molar refractivity (Wildman–Crippen MR) is 162 cm³/mol. The molecule has 0 spiro atoms. The van der Waals surface area contributed by atoms with E-state index in [0.717, 1.165) is 11.1 Å². The van der Waals surface area contributed by atoms with Crippen molar-refractivity contribution >= 4 is 28.7 Å². The Morgan fingerprint density at radius 1 is 0.909 bits per heavy atom. The molecule has 0 fully saturated rings. The van der Waals surface area contributed by atoms with Crippen LogP contribution in [-0.2, 0) is 13.2 Å². The molecule has 4 aromatic rings. The molecule has 44 heavy (non-hydrogen) atoms. The summed E-state index contributed by atoms with van der Waals surface area (Å²) in [5, 5.41) is 23.5. The molecule has 11 heteroatoms. The smallest absolute Gasteiger partial charge is 0.336 e. The number of rotatable bonds is 8. The van der Waals surface area contributed by atoms with Crippen LogP contribution in [0.1, 0.15) is 31.8 Å². The molecule has 218 valence electrons. The van der Waals surface area contributed by atoms with Crippen LogP contribution in [0.25, 0.3) is 33.4 Å². The van der Waals surface area contributed by atoms with Crippen molar-refractivity contribution in [1.82, 2.24) is 15.3 Å². The second kappa shape index (κ2) is 11.6. The second-order valence-electron chi connectivity index (χ2n) is 9.93. The second-order valence-corrected chi connectivity index (χ2v) is 9.93. The molecule has 6 rings (SSSR count). The van der Waals surface area contributed by atoms with Gasteiger partial charge in [-0.3, -0.25) is 9.59 Å². The van der Waals surface area contributed by atoms with E-state index in [1.807, 2.05) is 24.3 Å². The normalized spacial score (nSPS) is 11.0. The zero-order chi connectivity index (χ0) is 30.8. The lowest BCUT2D eigenvalue weighted by Gasteiger charge is -2.17. The van der Waals surface area contributed by atoms with Crippen LogP contribution in [0.4, 0.5) is 5.82 Å². The number of amides is 1. The van der Waals surface area contributed by atoms with E-state index >= 15 is 0 Å². The predicted octanol–water partition coefficient (Wildman–Crippen LogP) is 4.85. The number of nitrogens with zero attached hydrogens (tertiary/aromatic N) is 2. The van der Waals surface area contributed by atoms with E-state index in [-0.39, 0.29) is 58.4 Å². The number of phenols is 1. The maximum Gasteiger partial charge on any atom is 0.336 e. The number of carbonyl (C=O) groups excluding carboxylic acids is 1. The maximum absolute atomic E-state index is 13.3. The highest BCUT2D eigenvalue weighted by Crippen LogP contribution is 2.42. The first-order valence-electron chi connectivity index (χ1n) is 13.4. The molecule has 3 aromatic carbocycles. The zero-order valence-electron chi connectivity index (χ0n) is 23.0. The molecule has 1 amide bonds. The Bertz CT molecular complexity index is 2070. The van der Waals surface area contributed by atoms with Crippen molar-refractivity contribution in [3.63, 3.8) is 0 Å². The molecule has 0 unspecified atom stereocenters. The fourth-order valence-electron chi connectivity index (χ4n) is 4.84. The van der Waals surface area contributed by atoms with Gasteiger partial charge in [-0.15, -0.1) is 0 Å². The minimum Gasteiger partial charge on any atom is -0.508 e. The van der Waals surface area contributed by atoms with Crippen molar-refractivity contribution in [1.29, 1.82) is 0 Å². The van der Waals surface area contributed by atoms with Gasteiger partial charge in [-0.1, -0.05) is 24.3 Å². The molecule has 0 bridgehead atoms. The summed E-state index contributed by atoms with van der Waals surface area (Å²) < 4.78 is 11.4. The molecule has 1 aliphatic heterocycles. The number of fused-ring (bicyclic) bond motifs is 2. The van der Waals surface area contributed by atoms with Crippen LogP contribution in [0.15, 0.2) is 100 Å². The molecular formula is C33H24N4O7. The number of nitrogens with two attached hydrogens (primary N) is 1. The van der Waals surface area contributed by atoms with Gasteiger partial charge in [0.05, 0.1) is 5.56 Å². The highest BCUT2D eigenvalue weighted by atomic mass is 16.5. The highest BCUT2D eigenvalue weighted by Gasteiger charge is 2.23. The number of phenolic OH excluding ortho intramolecular Hbond substituents is 1. The van der Waals surface area contributed by atoms with E-state index in [1.54, 1.807) is 18.2 Å². The van der Waals surface area contributed by atoms with Gasteiger partial charge in [0.25, 0.3) is 5.91 Å². The fraction of sp³-hybridized carbons (Fsp3) is 0.0606. The summed E-state index contributed by atoms with van der Waals surface area (Å²) in [7, 11) is 0. The van der Waals surface area contributed by atoms with Gasteiger partial charge in [0, 0.05) is 47.0 Å². The number of ether oxygens (including phenoxy) is 1. The van der Waals surface area contributed by atoms with Gasteiger partial charge in [0.1, 0.15) is 29.5 Å². The molecule has 2 heterocycles. The third-order valence-corrected chi connectivity index (χ3v) is 6.96. The third-order valence-electron chi connectivity index (χ3n) is 6.96. The number of hydrogen-bond acceptors (Lipinski definition) is 9. The number of nitrogens with one attached hydrogen (secondary N) is 1. The summed E-state index contributed by atoms with van der Waals surface area (Å²) in [6, 6.07) is 22.1. The summed E-state index contributed by atoms with van der Waals surface area (Å²) in [5.41, 5.74) is 8.68. The van der Waals surface area contributed by atoms with Crippen molar-refractivity contribution < 1.29 is 29.0 Å². The number of carboxylic acid groups (broad SMARTS) is 1. The van der Waals surface area contributed by atoms with Gasteiger partial charge in [-0.05, 0) is 65.2 Å². The van der Waals surface area contributed by atoms with Crippen LogP contribution in [-0.4, -0.2) is 32.1 Å². The van der Waals surface area contributed by atoms with E-state index < -0.39 is 11.9 Å². The Kier molecular flexibility index (Phi) is 7.34. The minimum atomic E-state index is -1.19. The third kappa shape index (κ3) is 5.74. The van der Waals surface area contributed by atoms with Crippen molar-refractivity contribution in [2.24, 2.45) is 0 Å². The van der Waals surface area contributed by atoms with Crippen molar-refractivity contribution in [3.8, 4) is 34.2 Å². The summed E-state index contributed by atoms with van der Waals surface area (Å²) in [6.07, 6.45) is 1.51. The quantitative estimate of drug-likeness (QED) is 0.180. The minimum absolute atomic E-state index is 0.0454. The summed E-state index contributed by atoms with van der Waals surface area (Å²) in [6.45, 7) is 0.455. The molecule has 2 aliphatic rings. The Morgan fingerprint density at radius 3 is 2.48 bits per heavy atom. The number of hydrogen-bond donors (Lipinski definition) is 4. The van der Waals surface area contributed by atoms with E-state index in [2.05, 4.69) is 15.3 Å². The van der Waals surface area contributed by atoms with E-state index in [9.17, 15) is 24.6 Å². The van der Waals surface area contributed by atoms with E-state index in [1.165, 1.54) is 48.7 Å². The average Bonchev–Trinajstić information content (AvgIpc) is 3.01. The Balaban J connectivity index is 1.27. The zero-order valence-corrected chi connectivity index (χ0v) is 23.0. The van der Waals surface area contributed by atoms with Crippen LogP contribution in [0, 0.1) is 0 Å². The van der Waals surface area contributed by atoms with Crippen LogP contribution >= 0.6 is 0 Å². The molecule has 1 aliphatic carbocycles. The number of aromatic carboxylic acids is 1. The number of aromatic nitrogens is 2. The number of aromatic hydroxyl groups is 1. The van der Waals surface area contributed by atoms with Crippen LogP contribution in [0.5, 0.6) is 11.8 Å². The van der Waals surface area contributed by atoms with Crippen molar-refractivity contribution in [2.75, 3.05) is 5.73 Å². The summed E-state index contributed by atoms with van der Waals surface area (Å²) >= 11 is 0. The SMILES string of the molecule is Nc1ccnc(OCc2ccc(CNC(=O)c3ccc(C(=O)O)c(-c4c5ccc(=O)cc-5oc5cc(O)ccc45)c3)cc2)n1. The number of anilines is 1. The first kappa shape index (κ1) is 27.9. The number of carboxylic acids is 1. The standard InChI is InChI=1S/C33H24N4O7/c34-29-11-12-35-33(37-29)43-17-19-3-1-18(2-4-19)16-36-31(40)20-5-8-23(32(41)42)26(13-20)30-24-9-6-21(38)14-27(24)44-28-15-22(39)7-10-25(28)30/h1-15,38H,16-17H2,(H,36,40)(H,41,42)(H2,34,35,37). The Labute approximate surface area is 249 Å². The van der Waals surface area contributed by atoms with Crippen LogP contribution in [0.3, 0.4) is 0 Å². The number of nitrogen functional groups attached to an aromatic ring is 1. The van der Waals surface area contributed by atoms with Gasteiger partial charge in [-0.2, -0.15) is 4.98 Å². The number of benzene rings is 4. The molecule has 0 atom stereocenters. The van der Waals surface area contributed by atoms with Crippen LogP contribution < -0.4 is 21.2 Å².